The molecular formula is C9H19NO. The minimum absolute atomic E-state index is 0.00694. The molecule has 0 saturated carbocycles. The van der Waals surface area contributed by atoms with E-state index in [1.54, 1.807) is 6.21 Å². The highest BCUT2D eigenvalue weighted by Gasteiger charge is 2.23. The smallest absolute Gasteiger partial charge is 0.0492 e. The average Bonchev–Trinajstić information content (AvgIpc) is 1.55. The molecule has 0 aromatic carbocycles. The monoisotopic (exact) mass is 157 g/mol. The van der Waals surface area contributed by atoms with Crippen LogP contribution in [0, 0.1) is 10.8 Å². The van der Waals surface area contributed by atoms with Crippen molar-refractivity contribution >= 4 is 6.21 Å². The van der Waals surface area contributed by atoms with E-state index >= 15 is 0 Å². The van der Waals surface area contributed by atoms with E-state index in [4.69, 9.17) is 5.21 Å². The Kier molecular flexibility index (Phi) is 3.09. The third-order valence-corrected chi connectivity index (χ3v) is 1.39. The third kappa shape index (κ3) is 5.89. The van der Waals surface area contributed by atoms with Crippen LogP contribution in [0.5, 0.6) is 0 Å². The molecule has 0 rings (SSSR count). The van der Waals surface area contributed by atoms with Gasteiger partial charge in [-0.15, -0.1) is 5.16 Å². The molecule has 0 spiro atoms. The van der Waals surface area contributed by atoms with Gasteiger partial charge in [0.2, 0.25) is 0 Å². The van der Waals surface area contributed by atoms with E-state index in [0.29, 0.717) is 0 Å². The molecule has 0 aliphatic carbocycles. The Bertz CT molecular complexity index is 142. The number of hydrogen-bond acceptors (Lipinski definition) is 2. The summed E-state index contributed by atoms with van der Waals surface area (Å²) in [5.74, 6) is 0. The zero-order chi connectivity index (χ0) is 9.12. The fourth-order valence-corrected chi connectivity index (χ4v) is 1.57. The van der Waals surface area contributed by atoms with Crippen LogP contribution in [0.25, 0.3) is 0 Å². The van der Waals surface area contributed by atoms with Gasteiger partial charge in [-0.25, -0.2) is 0 Å². The molecule has 0 aliphatic rings. The predicted octanol–water partition coefficient (Wildman–Crippen LogP) is 2.91. The van der Waals surface area contributed by atoms with E-state index in [1.165, 1.54) is 0 Å². The normalized spacial score (nSPS) is 14.3. The largest absolute Gasteiger partial charge is 0.411 e. The summed E-state index contributed by atoms with van der Waals surface area (Å²) in [6.45, 7) is 10.7. The standard InChI is InChI=1S/C9H19NO/c1-8(2,3)6-9(4,5)7-10-11/h7,11H,6H2,1-5H3/b10-7+. The number of rotatable bonds is 2. The summed E-state index contributed by atoms with van der Waals surface area (Å²) in [7, 11) is 0. The van der Waals surface area contributed by atoms with Crippen molar-refractivity contribution in [2.45, 2.75) is 41.0 Å². The predicted molar refractivity (Wildman–Crippen MR) is 48.1 cm³/mol. The molecule has 2 heteroatoms. The molecule has 0 aliphatic heterocycles. The van der Waals surface area contributed by atoms with Gasteiger partial charge in [-0.2, -0.15) is 0 Å². The topological polar surface area (TPSA) is 32.6 Å². The fraction of sp³-hybridized carbons (Fsp3) is 0.889. The number of hydrogen-bond donors (Lipinski definition) is 1. The van der Waals surface area contributed by atoms with Crippen molar-refractivity contribution < 1.29 is 5.21 Å². The third-order valence-electron chi connectivity index (χ3n) is 1.39. The summed E-state index contributed by atoms with van der Waals surface area (Å²) < 4.78 is 0. The van der Waals surface area contributed by atoms with Gasteiger partial charge in [0.15, 0.2) is 0 Å². The zero-order valence-electron chi connectivity index (χ0n) is 8.18. The van der Waals surface area contributed by atoms with Gasteiger partial charge in [0, 0.05) is 11.6 Å². The first-order chi connectivity index (χ1) is 4.77. The molecule has 11 heavy (non-hydrogen) atoms. The van der Waals surface area contributed by atoms with Gasteiger partial charge in [0.25, 0.3) is 0 Å². The first kappa shape index (κ1) is 10.5. The zero-order valence-corrected chi connectivity index (χ0v) is 8.18. The molecule has 0 bridgehead atoms. The number of oxime groups is 1. The lowest BCUT2D eigenvalue weighted by molar-refractivity contribution is 0.268. The van der Waals surface area contributed by atoms with Gasteiger partial charge in [-0.1, -0.05) is 34.6 Å². The highest BCUT2D eigenvalue weighted by molar-refractivity contribution is 5.63. The van der Waals surface area contributed by atoms with Crippen LogP contribution in [0.4, 0.5) is 0 Å². The van der Waals surface area contributed by atoms with E-state index in [9.17, 15) is 0 Å². The highest BCUT2D eigenvalue weighted by Crippen LogP contribution is 2.31. The summed E-state index contributed by atoms with van der Waals surface area (Å²) in [4.78, 5) is 0. The van der Waals surface area contributed by atoms with Crippen molar-refractivity contribution in [3.05, 3.63) is 0 Å². The first-order valence-corrected chi connectivity index (χ1v) is 3.95. The first-order valence-electron chi connectivity index (χ1n) is 3.95. The maximum absolute atomic E-state index is 8.37. The lowest BCUT2D eigenvalue weighted by atomic mass is 9.77. The van der Waals surface area contributed by atoms with E-state index in [-0.39, 0.29) is 10.8 Å². The van der Waals surface area contributed by atoms with Crippen molar-refractivity contribution in [3.8, 4) is 0 Å². The molecule has 0 unspecified atom stereocenters. The molecule has 0 saturated heterocycles. The van der Waals surface area contributed by atoms with Gasteiger partial charge >= 0.3 is 0 Å². The molecule has 0 aromatic rings. The van der Waals surface area contributed by atoms with Crippen molar-refractivity contribution in [1.29, 1.82) is 0 Å². The maximum atomic E-state index is 8.37. The Hall–Kier alpha value is -0.530. The van der Waals surface area contributed by atoms with E-state index < -0.39 is 0 Å². The van der Waals surface area contributed by atoms with Crippen LogP contribution >= 0.6 is 0 Å². The van der Waals surface area contributed by atoms with Gasteiger partial charge in [0.1, 0.15) is 0 Å². The van der Waals surface area contributed by atoms with Crippen molar-refractivity contribution in [3.63, 3.8) is 0 Å². The molecule has 0 heterocycles. The molecule has 1 N–H and O–H groups in total. The molecule has 2 nitrogen and oxygen atoms in total. The minimum Gasteiger partial charge on any atom is -0.411 e. The lowest BCUT2D eigenvalue weighted by Crippen LogP contribution is -2.21. The van der Waals surface area contributed by atoms with Crippen LogP contribution in [-0.2, 0) is 0 Å². The number of nitrogens with zero attached hydrogens (tertiary/aromatic N) is 1. The summed E-state index contributed by atoms with van der Waals surface area (Å²) in [5, 5.41) is 11.4. The molecule has 0 radical (unpaired) electrons. The molecule has 0 amide bonds. The maximum Gasteiger partial charge on any atom is 0.0492 e. The Morgan fingerprint density at radius 1 is 1.18 bits per heavy atom. The van der Waals surface area contributed by atoms with Crippen LogP contribution in [0.15, 0.2) is 5.16 Å². The Balaban J connectivity index is 4.13. The summed E-state index contributed by atoms with van der Waals surface area (Å²) >= 11 is 0. The van der Waals surface area contributed by atoms with E-state index in [1.807, 2.05) is 0 Å². The van der Waals surface area contributed by atoms with Crippen molar-refractivity contribution in [2.24, 2.45) is 16.0 Å². The Morgan fingerprint density at radius 2 is 1.64 bits per heavy atom. The second-order valence-corrected chi connectivity index (χ2v) is 4.97. The minimum atomic E-state index is -0.00694. The second kappa shape index (κ2) is 3.24. The molecule has 0 aromatic heterocycles. The van der Waals surface area contributed by atoms with Crippen molar-refractivity contribution in [2.75, 3.05) is 0 Å². The van der Waals surface area contributed by atoms with Crippen LogP contribution in [0.2, 0.25) is 0 Å². The highest BCUT2D eigenvalue weighted by atomic mass is 16.4. The second-order valence-electron chi connectivity index (χ2n) is 4.97. The Labute approximate surface area is 69.3 Å². The van der Waals surface area contributed by atoms with Crippen molar-refractivity contribution in [1.82, 2.24) is 0 Å². The lowest BCUT2D eigenvalue weighted by Gasteiger charge is -2.28. The van der Waals surface area contributed by atoms with Crippen LogP contribution in [0.3, 0.4) is 0 Å². The SMILES string of the molecule is CC(C)(C)CC(C)(C)/C=N/O. The van der Waals surface area contributed by atoms with Crippen LogP contribution in [-0.4, -0.2) is 11.4 Å². The summed E-state index contributed by atoms with van der Waals surface area (Å²) in [6, 6.07) is 0. The van der Waals surface area contributed by atoms with Crippen LogP contribution in [0.1, 0.15) is 41.0 Å². The van der Waals surface area contributed by atoms with Gasteiger partial charge in [-0.05, 0) is 11.8 Å². The summed E-state index contributed by atoms with van der Waals surface area (Å²) in [5.41, 5.74) is 0.275. The molecular weight excluding hydrogens is 138 g/mol. The molecule has 0 atom stereocenters. The summed E-state index contributed by atoms with van der Waals surface area (Å²) in [6.07, 6.45) is 2.61. The van der Waals surface area contributed by atoms with Gasteiger partial charge < -0.3 is 5.21 Å². The molecule has 0 fully saturated rings. The van der Waals surface area contributed by atoms with Gasteiger partial charge in [-0.3, -0.25) is 0 Å². The Morgan fingerprint density at radius 3 is 1.91 bits per heavy atom. The van der Waals surface area contributed by atoms with Gasteiger partial charge in [0.05, 0.1) is 0 Å². The van der Waals surface area contributed by atoms with Crippen LogP contribution < -0.4 is 0 Å². The average molecular weight is 157 g/mol. The van der Waals surface area contributed by atoms with E-state index in [2.05, 4.69) is 39.8 Å². The quantitative estimate of drug-likeness (QED) is 0.373. The van der Waals surface area contributed by atoms with E-state index in [0.717, 1.165) is 6.42 Å². The molecule has 66 valence electrons. The fourth-order valence-electron chi connectivity index (χ4n) is 1.57.